The second kappa shape index (κ2) is 4.74. The van der Waals surface area contributed by atoms with Gasteiger partial charge in [0.25, 0.3) is 0 Å². The zero-order chi connectivity index (χ0) is 13.6. The van der Waals surface area contributed by atoms with E-state index in [4.69, 9.17) is 0 Å². The number of aliphatic carboxylic acids is 1. The van der Waals surface area contributed by atoms with E-state index in [1.807, 2.05) is 6.92 Å². The van der Waals surface area contributed by atoms with Crippen molar-refractivity contribution in [1.29, 1.82) is 0 Å². The maximum atomic E-state index is 11.7. The van der Waals surface area contributed by atoms with Crippen molar-refractivity contribution in [2.45, 2.75) is 76.0 Å². The van der Waals surface area contributed by atoms with Gasteiger partial charge in [0.05, 0.1) is 0 Å². The van der Waals surface area contributed by atoms with Crippen molar-refractivity contribution in [2.24, 2.45) is 0 Å². The average molecular weight is 266 g/mol. The van der Waals surface area contributed by atoms with Gasteiger partial charge in [0.15, 0.2) is 0 Å². The summed E-state index contributed by atoms with van der Waals surface area (Å²) in [4.78, 5) is 16.6. The third-order valence-corrected chi connectivity index (χ3v) is 5.46. The van der Waals surface area contributed by atoms with Crippen molar-refractivity contribution < 1.29 is 9.90 Å². The fourth-order valence-corrected chi connectivity index (χ4v) is 4.12. The summed E-state index contributed by atoms with van der Waals surface area (Å²) >= 11 is 0. The van der Waals surface area contributed by atoms with Crippen LogP contribution in [0.4, 0.5) is 0 Å². The van der Waals surface area contributed by atoms with Crippen LogP contribution in [-0.2, 0) is 4.79 Å². The van der Waals surface area contributed by atoms with Gasteiger partial charge in [-0.05, 0) is 58.9 Å². The lowest BCUT2D eigenvalue weighted by molar-refractivity contribution is -0.154. The minimum absolute atomic E-state index is 0.442. The van der Waals surface area contributed by atoms with Gasteiger partial charge in [0.2, 0.25) is 0 Å². The van der Waals surface area contributed by atoms with E-state index in [1.54, 1.807) is 0 Å². The van der Waals surface area contributed by atoms with Crippen LogP contribution in [0.1, 0.15) is 52.4 Å². The molecule has 2 saturated heterocycles. The molecule has 0 aromatic heterocycles. The highest BCUT2D eigenvalue weighted by Gasteiger charge is 2.48. The molecule has 3 aliphatic rings. The number of likely N-dealkylation sites (tertiary alicyclic amines) is 2. The van der Waals surface area contributed by atoms with Crippen LogP contribution in [0.2, 0.25) is 0 Å². The van der Waals surface area contributed by atoms with E-state index in [1.165, 1.54) is 12.8 Å². The molecule has 1 aliphatic carbocycles. The molecular weight excluding hydrogens is 240 g/mol. The van der Waals surface area contributed by atoms with Crippen LogP contribution in [0.15, 0.2) is 0 Å². The predicted molar refractivity (Wildman–Crippen MR) is 74.2 cm³/mol. The highest BCUT2D eigenvalue weighted by molar-refractivity contribution is 5.78. The van der Waals surface area contributed by atoms with Crippen LogP contribution in [0.25, 0.3) is 0 Å². The minimum Gasteiger partial charge on any atom is -0.480 e. The summed E-state index contributed by atoms with van der Waals surface area (Å²) in [6, 6.07) is 1.86. The summed E-state index contributed by atoms with van der Waals surface area (Å²) in [7, 11) is 0. The fourth-order valence-electron chi connectivity index (χ4n) is 4.12. The Balaban J connectivity index is 1.74. The SMILES string of the molecule is CC1CC(N2CCCCC2(C)C(=O)O)CN1C1CC1. The molecule has 108 valence electrons. The second-order valence-electron chi connectivity index (χ2n) is 6.90. The molecule has 3 atom stereocenters. The molecule has 3 fully saturated rings. The van der Waals surface area contributed by atoms with Crippen molar-refractivity contribution in [2.75, 3.05) is 13.1 Å². The van der Waals surface area contributed by atoms with E-state index < -0.39 is 11.5 Å². The van der Waals surface area contributed by atoms with E-state index in [0.717, 1.165) is 44.8 Å². The lowest BCUT2D eigenvalue weighted by Crippen LogP contribution is -2.59. The molecule has 1 N–H and O–H groups in total. The Morgan fingerprint density at radius 1 is 1.26 bits per heavy atom. The van der Waals surface area contributed by atoms with Crippen molar-refractivity contribution in [3.63, 3.8) is 0 Å². The van der Waals surface area contributed by atoms with Crippen molar-refractivity contribution in [1.82, 2.24) is 9.80 Å². The van der Waals surface area contributed by atoms with E-state index in [9.17, 15) is 9.90 Å². The third-order valence-electron chi connectivity index (χ3n) is 5.46. The first kappa shape index (κ1) is 13.4. The van der Waals surface area contributed by atoms with Crippen LogP contribution >= 0.6 is 0 Å². The molecule has 0 amide bonds. The highest BCUT2D eigenvalue weighted by atomic mass is 16.4. The maximum absolute atomic E-state index is 11.7. The first-order valence-corrected chi connectivity index (χ1v) is 7.78. The fraction of sp³-hybridized carbons (Fsp3) is 0.933. The summed E-state index contributed by atoms with van der Waals surface area (Å²) in [6.45, 7) is 6.27. The molecule has 4 nitrogen and oxygen atoms in total. The number of carboxylic acid groups (broad SMARTS) is 1. The van der Waals surface area contributed by atoms with Gasteiger partial charge in [-0.1, -0.05) is 0 Å². The molecule has 0 aromatic carbocycles. The van der Waals surface area contributed by atoms with Crippen LogP contribution in [0, 0.1) is 0 Å². The number of hydrogen-bond acceptors (Lipinski definition) is 3. The summed E-state index contributed by atoms with van der Waals surface area (Å²) in [6.07, 6.45) is 6.82. The summed E-state index contributed by atoms with van der Waals surface area (Å²) < 4.78 is 0. The van der Waals surface area contributed by atoms with Gasteiger partial charge in [0.1, 0.15) is 5.54 Å². The Kier molecular flexibility index (Phi) is 3.34. The van der Waals surface area contributed by atoms with Gasteiger partial charge in [-0.15, -0.1) is 0 Å². The second-order valence-corrected chi connectivity index (χ2v) is 6.90. The Morgan fingerprint density at radius 2 is 2.00 bits per heavy atom. The Labute approximate surface area is 115 Å². The summed E-state index contributed by atoms with van der Waals surface area (Å²) in [5.74, 6) is -0.635. The smallest absolute Gasteiger partial charge is 0.323 e. The summed E-state index contributed by atoms with van der Waals surface area (Å²) in [5, 5.41) is 9.63. The van der Waals surface area contributed by atoms with Gasteiger partial charge < -0.3 is 5.11 Å². The molecule has 0 bridgehead atoms. The lowest BCUT2D eigenvalue weighted by atomic mass is 9.86. The number of hydrogen-bond donors (Lipinski definition) is 1. The maximum Gasteiger partial charge on any atom is 0.323 e. The van der Waals surface area contributed by atoms with Crippen LogP contribution in [-0.4, -0.2) is 57.6 Å². The van der Waals surface area contributed by atoms with Crippen molar-refractivity contribution >= 4 is 5.97 Å². The molecular formula is C15H26N2O2. The number of rotatable bonds is 3. The molecule has 3 rings (SSSR count). The number of carboxylic acids is 1. The van der Waals surface area contributed by atoms with E-state index >= 15 is 0 Å². The molecule has 0 spiro atoms. The zero-order valence-electron chi connectivity index (χ0n) is 12.1. The van der Waals surface area contributed by atoms with Crippen molar-refractivity contribution in [3.8, 4) is 0 Å². The molecule has 2 aliphatic heterocycles. The van der Waals surface area contributed by atoms with Gasteiger partial charge in [0, 0.05) is 24.7 Å². The predicted octanol–water partition coefficient (Wildman–Crippen LogP) is 1.94. The van der Waals surface area contributed by atoms with Gasteiger partial charge in [-0.2, -0.15) is 0 Å². The first-order chi connectivity index (χ1) is 9.02. The Bertz CT molecular complexity index is 369. The van der Waals surface area contributed by atoms with Gasteiger partial charge >= 0.3 is 5.97 Å². The minimum atomic E-state index is -0.637. The molecule has 19 heavy (non-hydrogen) atoms. The molecule has 4 heteroatoms. The van der Waals surface area contributed by atoms with Crippen LogP contribution < -0.4 is 0 Å². The molecule has 1 saturated carbocycles. The molecule has 3 unspecified atom stereocenters. The number of carbonyl (C=O) groups is 1. The Hall–Kier alpha value is -0.610. The number of nitrogens with zero attached hydrogens (tertiary/aromatic N) is 2. The first-order valence-electron chi connectivity index (χ1n) is 7.78. The molecule has 0 radical (unpaired) electrons. The van der Waals surface area contributed by atoms with E-state index in [0.29, 0.717) is 12.1 Å². The topological polar surface area (TPSA) is 43.8 Å². The molecule has 2 heterocycles. The normalized spacial score (nSPS) is 41.6. The van der Waals surface area contributed by atoms with Gasteiger partial charge in [-0.25, -0.2) is 0 Å². The van der Waals surface area contributed by atoms with E-state index in [-0.39, 0.29) is 0 Å². The standard InChI is InChI=1S/C15H26N2O2/c1-11-9-13(10-16(11)12-5-6-12)17-8-4-3-7-15(17,2)14(18)19/h11-13H,3-10H2,1-2H3,(H,18,19). The average Bonchev–Trinajstić information content (AvgIpc) is 3.13. The van der Waals surface area contributed by atoms with Crippen LogP contribution in [0.5, 0.6) is 0 Å². The lowest BCUT2D eigenvalue weighted by Gasteiger charge is -2.45. The third kappa shape index (κ3) is 2.29. The highest BCUT2D eigenvalue weighted by Crippen LogP contribution is 2.38. The van der Waals surface area contributed by atoms with Crippen molar-refractivity contribution in [3.05, 3.63) is 0 Å². The van der Waals surface area contributed by atoms with E-state index in [2.05, 4.69) is 16.7 Å². The quantitative estimate of drug-likeness (QED) is 0.848. The van der Waals surface area contributed by atoms with Crippen LogP contribution in [0.3, 0.4) is 0 Å². The largest absolute Gasteiger partial charge is 0.480 e. The Morgan fingerprint density at radius 3 is 2.63 bits per heavy atom. The van der Waals surface area contributed by atoms with Gasteiger partial charge in [-0.3, -0.25) is 14.6 Å². The zero-order valence-corrected chi connectivity index (χ0v) is 12.1. The monoisotopic (exact) mass is 266 g/mol. The number of piperidine rings is 1. The summed E-state index contributed by atoms with van der Waals surface area (Å²) in [5.41, 5.74) is -0.637. The molecule has 0 aromatic rings.